The minimum atomic E-state index is -3.36. The summed E-state index contributed by atoms with van der Waals surface area (Å²) in [4.78, 5) is 20.9. The summed E-state index contributed by atoms with van der Waals surface area (Å²) < 4.78 is 24.2. The van der Waals surface area contributed by atoms with Crippen LogP contribution in [0.2, 0.25) is 0 Å². The number of amides is 1. The highest BCUT2D eigenvalue weighted by molar-refractivity contribution is 7.91. The number of thiazole rings is 1. The van der Waals surface area contributed by atoms with Gasteiger partial charge in [0.2, 0.25) is 0 Å². The highest BCUT2D eigenvalue weighted by Gasteiger charge is 2.22. The SMILES string of the molecule is CCS(=O)(=O)c1cccc(C(=O)Nc2nc3c(s2)CN(Cc2ccccc2)CC3)c1.Cl. The zero-order valence-electron chi connectivity index (χ0n) is 17.1. The maximum absolute atomic E-state index is 12.7. The van der Waals surface area contributed by atoms with Crippen molar-refractivity contribution in [2.24, 2.45) is 0 Å². The first-order valence-corrected chi connectivity index (χ1v) is 12.3. The molecule has 164 valence electrons. The van der Waals surface area contributed by atoms with Crippen molar-refractivity contribution in [2.75, 3.05) is 17.6 Å². The van der Waals surface area contributed by atoms with Crippen LogP contribution in [0.15, 0.2) is 59.5 Å². The van der Waals surface area contributed by atoms with Crippen LogP contribution in [0.4, 0.5) is 5.13 Å². The molecule has 0 fully saturated rings. The summed E-state index contributed by atoms with van der Waals surface area (Å²) >= 11 is 1.48. The van der Waals surface area contributed by atoms with Gasteiger partial charge in [-0.15, -0.1) is 23.7 Å². The third kappa shape index (κ3) is 5.51. The van der Waals surface area contributed by atoms with Gasteiger partial charge in [-0.05, 0) is 23.8 Å². The van der Waals surface area contributed by atoms with Crippen molar-refractivity contribution in [1.29, 1.82) is 0 Å². The van der Waals surface area contributed by atoms with Crippen LogP contribution in [0.5, 0.6) is 0 Å². The average Bonchev–Trinajstić information content (AvgIpc) is 3.16. The second-order valence-corrected chi connectivity index (χ2v) is 10.6. The molecule has 31 heavy (non-hydrogen) atoms. The van der Waals surface area contributed by atoms with Gasteiger partial charge >= 0.3 is 0 Å². The van der Waals surface area contributed by atoms with E-state index in [4.69, 9.17) is 0 Å². The lowest BCUT2D eigenvalue weighted by atomic mass is 10.1. The molecule has 0 radical (unpaired) electrons. The van der Waals surface area contributed by atoms with Gasteiger partial charge in [0.25, 0.3) is 5.91 Å². The molecule has 6 nitrogen and oxygen atoms in total. The van der Waals surface area contributed by atoms with Gasteiger partial charge in [-0.2, -0.15) is 0 Å². The molecular weight excluding hydrogens is 454 g/mol. The number of benzene rings is 2. The molecule has 0 bridgehead atoms. The van der Waals surface area contributed by atoms with E-state index in [0.29, 0.717) is 10.7 Å². The molecule has 1 amide bonds. The van der Waals surface area contributed by atoms with Crippen molar-refractivity contribution in [1.82, 2.24) is 9.88 Å². The Morgan fingerprint density at radius 3 is 2.68 bits per heavy atom. The van der Waals surface area contributed by atoms with Crippen molar-refractivity contribution in [3.63, 3.8) is 0 Å². The number of hydrogen-bond donors (Lipinski definition) is 1. The number of anilines is 1. The van der Waals surface area contributed by atoms with Gasteiger partial charge in [-0.25, -0.2) is 13.4 Å². The fraction of sp³-hybridized carbons (Fsp3) is 0.273. The Morgan fingerprint density at radius 2 is 1.94 bits per heavy atom. The molecule has 0 aliphatic carbocycles. The zero-order chi connectivity index (χ0) is 21.1. The molecular formula is C22H24ClN3O3S2. The first kappa shape index (κ1) is 23.4. The number of nitrogens with zero attached hydrogens (tertiary/aromatic N) is 2. The Hall–Kier alpha value is -2.26. The smallest absolute Gasteiger partial charge is 0.257 e. The molecule has 3 aromatic rings. The number of rotatable bonds is 6. The van der Waals surface area contributed by atoms with Gasteiger partial charge < -0.3 is 0 Å². The van der Waals surface area contributed by atoms with Gasteiger partial charge in [0.1, 0.15) is 0 Å². The van der Waals surface area contributed by atoms with Crippen LogP contribution in [0.3, 0.4) is 0 Å². The molecule has 1 aliphatic heterocycles. The normalized spacial score (nSPS) is 13.8. The van der Waals surface area contributed by atoms with Gasteiger partial charge in [-0.1, -0.05) is 43.3 Å². The maximum Gasteiger partial charge on any atom is 0.257 e. The summed E-state index contributed by atoms with van der Waals surface area (Å²) in [6, 6.07) is 16.5. The molecule has 9 heteroatoms. The molecule has 0 atom stereocenters. The highest BCUT2D eigenvalue weighted by atomic mass is 35.5. The molecule has 2 heterocycles. The molecule has 2 aromatic carbocycles. The fourth-order valence-electron chi connectivity index (χ4n) is 3.45. The van der Waals surface area contributed by atoms with Crippen molar-refractivity contribution in [3.8, 4) is 0 Å². The third-order valence-electron chi connectivity index (χ3n) is 5.12. The highest BCUT2D eigenvalue weighted by Crippen LogP contribution is 2.29. The molecule has 4 rings (SSSR count). The minimum Gasteiger partial charge on any atom is -0.298 e. The first-order valence-electron chi connectivity index (χ1n) is 9.83. The number of aromatic nitrogens is 1. The predicted molar refractivity (Wildman–Crippen MR) is 126 cm³/mol. The quantitative estimate of drug-likeness (QED) is 0.576. The first-order chi connectivity index (χ1) is 14.4. The van der Waals surface area contributed by atoms with E-state index in [2.05, 4.69) is 27.3 Å². The number of hydrogen-bond acceptors (Lipinski definition) is 6. The molecule has 1 aliphatic rings. The zero-order valence-corrected chi connectivity index (χ0v) is 19.5. The molecule has 0 saturated heterocycles. The van der Waals surface area contributed by atoms with Crippen molar-refractivity contribution < 1.29 is 13.2 Å². The van der Waals surface area contributed by atoms with Crippen LogP contribution in [0.1, 0.15) is 33.4 Å². The topological polar surface area (TPSA) is 79.4 Å². The van der Waals surface area contributed by atoms with Crippen LogP contribution in [0.25, 0.3) is 0 Å². The maximum atomic E-state index is 12.7. The van der Waals surface area contributed by atoms with E-state index < -0.39 is 9.84 Å². The fourth-order valence-corrected chi connectivity index (χ4v) is 5.42. The number of carbonyl (C=O) groups is 1. The molecule has 0 saturated carbocycles. The average molecular weight is 478 g/mol. The van der Waals surface area contributed by atoms with Crippen LogP contribution < -0.4 is 5.32 Å². The van der Waals surface area contributed by atoms with E-state index in [1.807, 2.05) is 18.2 Å². The number of carbonyl (C=O) groups excluding carboxylic acids is 1. The van der Waals surface area contributed by atoms with Crippen LogP contribution >= 0.6 is 23.7 Å². The Morgan fingerprint density at radius 1 is 1.16 bits per heavy atom. The monoisotopic (exact) mass is 477 g/mol. The summed E-state index contributed by atoms with van der Waals surface area (Å²) in [7, 11) is -3.36. The van der Waals surface area contributed by atoms with E-state index in [1.54, 1.807) is 19.1 Å². The lowest BCUT2D eigenvalue weighted by Crippen LogP contribution is -2.29. The second kappa shape index (κ2) is 9.91. The standard InChI is InChI=1S/C22H23N3O3S2.ClH/c1-2-30(27,28)18-10-6-9-17(13-18)21(26)24-22-23-19-11-12-25(15-20(19)29-22)14-16-7-4-3-5-8-16;/h3-10,13H,2,11-12,14-15H2,1H3,(H,23,24,26);1H. The summed E-state index contributed by atoms with van der Waals surface area (Å²) in [5, 5.41) is 3.38. The van der Waals surface area contributed by atoms with E-state index in [-0.39, 0.29) is 29.0 Å². The molecule has 0 spiro atoms. The Balaban J connectivity index is 0.00000272. The summed E-state index contributed by atoms with van der Waals surface area (Å²) in [5.41, 5.74) is 2.62. The van der Waals surface area contributed by atoms with E-state index in [9.17, 15) is 13.2 Å². The van der Waals surface area contributed by atoms with Gasteiger partial charge in [0.15, 0.2) is 15.0 Å². The van der Waals surface area contributed by atoms with Crippen molar-refractivity contribution >= 4 is 44.6 Å². The Kier molecular flexibility index (Phi) is 7.48. The van der Waals surface area contributed by atoms with Crippen molar-refractivity contribution in [2.45, 2.75) is 31.3 Å². The number of halogens is 1. The van der Waals surface area contributed by atoms with Gasteiger partial charge in [0, 0.05) is 36.5 Å². The summed E-state index contributed by atoms with van der Waals surface area (Å²) in [5.74, 6) is -0.355. The lowest BCUT2D eigenvalue weighted by Gasteiger charge is -2.25. The van der Waals surface area contributed by atoms with Crippen LogP contribution in [-0.4, -0.2) is 36.5 Å². The summed E-state index contributed by atoms with van der Waals surface area (Å²) in [6.45, 7) is 4.21. The van der Waals surface area contributed by atoms with Gasteiger partial charge in [-0.3, -0.25) is 15.0 Å². The number of sulfone groups is 1. The Labute approximate surface area is 192 Å². The Bertz CT molecular complexity index is 1160. The number of nitrogens with one attached hydrogen (secondary N) is 1. The number of fused-ring (bicyclic) bond motifs is 1. The molecule has 0 unspecified atom stereocenters. The van der Waals surface area contributed by atoms with Crippen LogP contribution in [0, 0.1) is 0 Å². The van der Waals surface area contributed by atoms with Crippen LogP contribution in [-0.2, 0) is 29.3 Å². The molecule has 1 aromatic heterocycles. The molecule has 1 N–H and O–H groups in total. The predicted octanol–water partition coefficient (Wildman–Crippen LogP) is 4.17. The minimum absolute atomic E-state index is 0. The third-order valence-corrected chi connectivity index (χ3v) is 7.85. The van der Waals surface area contributed by atoms with Crippen molar-refractivity contribution in [3.05, 3.63) is 76.3 Å². The lowest BCUT2D eigenvalue weighted by molar-refractivity contribution is 0.102. The largest absolute Gasteiger partial charge is 0.298 e. The van der Waals surface area contributed by atoms with E-state index in [1.165, 1.54) is 29.0 Å². The van der Waals surface area contributed by atoms with E-state index >= 15 is 0 Å². The van der Waals surface area contributed by atoms with Gasteiger partial charge in [0.05, 0.1) is 16.3 Å². The van der Waals surface area contributed by atoms with E-state index in [0.717, 1.165) is 36.6 Å². The second-order valence-electron chi connectivity index (χ2n) is 7.22. The summed E-state index contributed by atoms with van der Waals surface area (Å²) in [6.07, 6.45) is 0.846.